The summed E-state index contributed by atoms with van der Waals surface area (Å²) in [5.74, 6) is -2.31. The Morgan fingerprint density at radius 2 is 1.44 bits per heavy atom. The zero-order valence-electron chi connectivity index (χ0n) is 8.07. The van der Waals surface area contributed by atoms with E-state index in [1.807, 2.05) is 0 Å². The van der Waals surface area contributed by atoms with Crippen LogP contribution in [-0.2, 0) is 9.59 Å². The highest BCUT2D eigenvalue weighted by Crippen LogP contribution is 2.19. The van der Waals surface area contributed by atoms with E-state index in [0.29, 0.717) is 11.4 Å². The van der Waals surface area contributed by atoms with Crippen LogP contribution < -0.4 is 0 Å². The molecule has 0 fully saturated rings. The number of aliphatic carboxylic acids is 2. The van der Waals surface area contributed by atoms with Crippen LogP contribution in [0.5, 0.6) is 0 Å². The Bertz CT molecular complexity index is 426. The highest BCUT2D eigenvalue weighted by Gasteiger charge is 1.94. The first-order chi connectivity index (χ1) is 7.58. The van der Waals surface area contributed by atoms with Gasteiger partial charge in [0.25, 0.3) is 0 Å². The van der Waals surface area contributed by atoms with Crippen LogP contribution in [0.1, 0.15) is 0 Å². The predicted octanol–water partition coefficient (Wildman–Crippen LogP) is 1.26. The molecule has 0 radical (unpaired) electrons. The van der Waals surface area contributed by atoms with Crippen LogP contribution in [0.2, 0.25) is 0 Å². The normalized spacial score (nSPS) is 11.0. The topological polar surface area (TPSA) is 99.3 Å². The number of hydrogen-bond acceptors (Lipinski definition) is 4. The van der Waals surface area contributed by atoms with Crippen molar-refractivity contribution >= 4 is 35.7 Å². The molecule has 0 aliphatic heterocycles. The zero-order valence-corrected chi connectivity index (χ0v) is 8.07. The molecular weight excluding hydrogens is 212 g/mol. The fourth-order valence-electron chi connectivity index (χ4n) is 0.913. The van der Waals surface area contributed by atoms with E-state index in [1.165, 1.54) is 6.07 Å². The van der Waals surface area contributed by atoms with Crippen molar-refractivity contribution in [2.45, 2.75) is 0 Å². The highest BCUT2D eigenvalue weighted by molar-refractivity contribution is 6.23. The van der Waals surface area contributed by atoms with Crippen molar-refractivity contribution in [2.75, 3.05) is 0 Å². The molecule has 0 aromatic heterocycles. The monoisotopic (exact) mass is 220 g/mol. The number of hydrogen-bond donors (Lipinski definition) is 2. The van der Waals surface area contributed by atoms with Gasteiger partial charge in [-0.25, -0.2) is 19.6 Å². The minimum Gasteiger partial charge on any atom is -0.477 e. The number of benzene rings is 1. The van der Waals surface area contributed by atoms with Gasteiger partial charge in [-0.15, -0.1) is 0 Å². The lowest BCUT2D eigenvalue weighted by molar-refractivity contribution is -0.129. The number of carboxylic acid groups (broad SMARTS) is 2. The molecule has 82 valence electrons. The molecule has 0 heterocycles. The van der Waals surface area contributed by atoms with Crippen LogP contribution in [0.3, 0.4) is 0 Å². The molecule has 0 bridgehead atoms. The molecule has 16 heavy (non-hydrogen) atoms. The Labute approximate surface area is 90.6 Å². The van der Waals surface area contributed by atoms with E-state index in [0.717, 1.165) is 12.4 Å². The molecule has 1 rings (SSSR count). The van der Waals surface area contributed by atoms with E-state index in [4.69, 9.17) is 10.2 Å². The van der Waals surface area contributed by atoms with Gasteiger partial charge in [-0.3, -0.25) is 0 Å². The minimum atomic E-state index is -1.15. The Kier molecular flexibility index (Phi) is 3.90. The minimum absolute atomic E-state index is 0.391. The van der Waals surface area contributed by atoms with Crippen LogP contribution in [0.15, 0.2) is 34.3 Å². The molecule has 6 heteroatoms. The van der Waals surface area contributed by atoms with Crippen molar-refractivity contribution in [3.8, 4) is 0 Å². The number of nitrogens with zero attached hydrogens (tertiary/aromatic N) is 2. The second-order valence-corrected chi connectivity index (χ2v) is 2.71. The van der Waals surface area contributed by atoms with Crippen LogP contribution in [0, 0.1) is 0 Å². The van der Waals surface area contributed by atoms with Crippen LogP contribution in [0.25, 0.3) is 0 Å². The van der Waals surface area contributed by atoms with E-state index >= 15 is 0 Å². The molecule has 0 amide bonds. The molecule has 6 nitrogen and oxygen atoms in total. The smallest absolute Gasteiger partial charge is 0.346 e. The van der Waals surface area contributed by atoms with Crippen LogP contribution in [-0.4, -0.2) is 34.6 Å². The second kappa shape index (κ2) is 5.40. The van der Waals surface area contributed by atoms with Gasteiger partial charge in [-0.05, 0) is 18.2 Å². The lowest BCUT2D eigenvalue weighted by Gasteiger charge is -1.94. The number of rotatable bonds is 4. The van der Waals surface area contributed by atoms with E-state index in [2.05, 4.69) is 9.98 Å². The molecule has 0 aliphatic carbocycles. The molecule has 0 unspecified atom stereocenters. The Morgan fingerprint density at radius 1 is 1.00 bits per heavy atom. The van der Waals surface area contributed by atoms with Gasteiger partial charge in [0.1, 0.15) is 12.4 Å². The maximum absolute atomic E-state index is 10.2. The van der Waals surface area contributed by atoms with Crippen molar-refractivity contribution in [2.24, 2.45) is 9.98 Å². The lowest BCUT2D eigenvalue weighted by Crippen LogP contribution is -1.94. The van der Waals surface area contributed by atoms with Gasteiger partial charge in [0.15, 0.2) is 0 Å². The second-order valence-electron chi connectivity index (χ2n) is 2.71. The summed E-state index contributed by atoms with van der Waals surface area (Å²) in [4.78, 5) is 27.7. The van der Waals surface area contributed by atoms with E-state index in [9.17, 15) is 9.59 Å². The van der Waals surface area contributed by atoms with Crippen LogP contribution in [0.4, 0.5) is 11.4 Å². The molecule has 1 aromatic rings. The van der Waals surface area contributed by atoms with Gasteiger partial charge >= 0.3 is 11.9 Å². The van der Waals surface area contributed by atoms with Crippen molar-refractivity contribution in [3.05, 3.63) is 24.3 Å². The summed E-state index contributed by atoms with van der Waals surface area (Å²) in [5, 5.41) is 16.7. The number of carbonyl (C=O) groups is 2. The third-order valence-electron chi connectivity index (χ3n) is 1.48. The summed E-state index contributed by atoms with van der Waals surface area (Å²) in [6.45, 7) is 0. The van der Waals surface area contributed by atoms with Crippen LogP contribution >= 0.6 is 0 Å². The van der Waals surface area contributed by atoms with Gasteiger partial charge in [-0.2, -0.15) is 0 Å². The molecule has 0 aliphatic rings. The first kappa shape index (κ1) is 11.6. The number of carboxylic acids is 2. The molecule has 0 spiro atoms. The van der Waals surface area contributed by atoms with Gasteiger partial charge in [0.05, 0.1) is 11.4 Å². The Balaban J connectivity index is 2.87. The summed E-state index contributed by atoms with van der Waals surface area (Å²) >= 11 is 0. The quantitative estimate of drug-likeness (QED) is 0.746. The summed E-state index contributed by atoms with van der Waals surface area (Å²) < 4.78 is 0. The third-order valence-corrected chi connectivity index (χ3v) is 1.48. The summed E-state index contributed by atoms with van der Waals surface area (Å²) in [6, 6.07) is 6.24. The zero-order chi connectivity index (χ0) is 12.0. The first-order valence-electron chi connectivity index (χ1n) is 4.22. The van der Waals surface area contributed by atoms with E-state index in [1.54, 1.807) is 18.2 Å². The highest BCUT2D eigenvalue weighted by atomic mass is 16.4. The SMILES string of the molecule is O=C(O)C=Nc1cccc(N=CC(=O)O)c1. The molecule has 0 saturated carbocycles. The fraction of sp³-hybridized carbons (Fsp3) is 0. The number of aliphatic imine (C=N–C) groups is 2. The maximum Gasteiger partial charge on any atom is 0.346 e. The van der Waals surface area contributed by atoms with Gasteiger partial charge in [0.2, 0.25) is 0 Å². The first-order valence-corrected chi connectivity index (χ1v) is 4.22. The average molecular weight is 220 g/mol. The molecular formula is C10H8N2O4. The predicted molar refractivity (Wildman–Crippen MR) is 58.0 cm³/mol. The van der Waals surface area contributed by atoms with Crippen molar-refractivity contribution in [1.29, 1.82) is 0 Å². The largest absolute Gasteiger partial charge is 0.477 e. The third kappa shape index (κ3) is 4.14. The summed E-state index contributed by atoms with van der Waals surface area (Å²) in [5.41, 5.74) is 0.782. The fourth-order valence-corrected chi connectivity index (χ4v) is 0.913. The van der Waals surface area contributed by atoms with E-state index < -0.39 is 11.9 Å². The molecule has 0 atom stereocenters. The maximum atomic E-state index is 10.2. The van der Waals surface area contributed by atoms with E-state index in [-0.39, 0.29) is 0 Å². The standard InChI is InChI=1S/C10H8N2O4/c13-9(14)5-11-7-2-1-3-8(4-7)12-6-10(15)16/h1-6H,(H,13,14)(H,15,16). The summed E-state index contributed by atoms with van der Waals surface area (Å²) in [6.07, 6.45) is 1.50. The summed E-state index contributed by atoms with van der Waals surface area (Å²) in [7, 11) is 0. The molecule has 2 N–H and O–H groups in total. The lowest BCUT2D eigenvalue weighted by atomic mass is 10.3. The van der Waals surface area contributed by atoms with Gasteiger partial charge < -0.3 is 10.2 Å². The molecule has 1 aromatic carbocycles. The van der Waals surface area contributed by atoms with Crippen molar-refractivity contribution in [3.63, 3.8) is 0 Å². The Hall–Kier alpha value is -2.50. The van der Waals surface area contributed by atoms with Crippen molar-refractivity contribution in [1.82, 2.24) is 0 Å². The van der Waals surface area contributed by atoms with Gasteiger partial charge in [-0.1, -0.05) is 6.07 Å². The average Bonchev–Trinajstić information content (AvgIpc) is 2.24. The Morgan fingerprint density at radius 3 is 1.81 bits per heavy atom. The van der Waals surface area contributed by atoms with Gasteiger partial charge in [0, 0.05) is 0 Å². The molecule has 0 saturated heterocycles. The van der Waals surface area contributed by atoms with Crippen molar-refractivity contribution < 1.29 is 19.8 Å².